The highest BCUT2D eigenvalue weighted by Gasteiger charge is 2.10. The van der Waals surface area contributed by atoms with Gasteiger partial charge in [-0.15, -0.1) is 0 Å². The molecule has 0 aliphatic rings. The average Bonchev–Trinajstić information content (AvgIpc) is 2.29. The highest BCUT2D eigenvalue weighted by atomic mass is 35.5. The van der Waals surface area contributed by atoms with Gasteiger partial charge in [0.05, 0.1) is 10.5 Å². The summed E-state index contributed by atoms with van der Waals surface area (Å²) in [6.07, 6.45) is 5.15. The van der Waals surface area contributed by atoms with Crippen molar-refractivity contribution in [2.45, 2.75) is 6.92 Å². The molecule has 2 rings (SSSR count). The normalized spacial score (nSPS) is 11.8. The standard InChI is InChI=1S/C12H9Cl2N3/c1-3-7(4-2)10-11-9(16-12(14)17-10)5-8(13)6-15-11/h3-6H,1H2,2H3/b7-4+. The van der Waals surface area contributed by atoms with Crippen LogP contribution >= 0.6 is 23.2 Å². The maximum absolute atomic E-state index is 5.88. The van der Waals surface area contributed by atoms with Gasteiger partial charge in [0.25, 0.3) is 0 Å². The number of pyridine rings is 1. The van der Waals surface area contributed by atoms with Crippen molar-refractivity contribution in [3.63, 3.8) is 0 Å². The van der Waals surface area contributed by atoms with E-state index < -0.39 is 0 Å². The van der Waals surface area contributed by atoms with E-state index in [1.165, 1.54) is 0 Å². The molecule has 0 aliphatic carbocycles. The van der Waals surface area contributed by atoms with Gasteiger partial charge in [-0.25, -0.2) is 9.97 Å². The third kappa shape index (κ3) is 2.30. The van der Waals surface area contributed by atoms with E-state index in [9.17, 15) is 0 Å². The molecule has 0 fully saturated rings. The summed E-state index contributed by atoms with van der Waals surface area (Å²) >= 11 is 11.7. The molecule has 0 amide bonds. The Morgan fingerprint density at radius 3 is 2.76 bits per heavy atom. The first-order chi connectivity index (χ1) is 8.15. The van der Waals surface area contributed by atoms with Crippen molar-refractivity contribution in [3.05, 3.63) is 47.0 Å². The Labute approximate surface area is 109 Å². The fourth-order valence-corrected chi connectivity index (χ4v) is 1.85. The number of nitrogens with zero attached hydrogens (tertiary/aromatic N) is 3. The van der Waals surface area contributed by atoms with Crippen molar-refractivity contribution in [1.82, 2.24) is 15.0 Å². The second-order valence-corrected chi connectivity index (χ2v) is 4.09. The maximum Gasteiger partial charge on any atom is 0.223 e. The third-order valence-corrected chi connectivity index (χ3v) is 2.66. The summed E-state index contributed by atoms with van der Waals surface area (Å²) in [7, 11) is 0. The zero-order valence-electron chi connectivity index (χ0n) is 9.11. The van der Waals surface area contributed by atoms with E-state index in [4.69, 9.17) is 23.2 Å². The Morgan fingerprint density at radius 2 is 2.12 bits per heavy atom. The summed E-state index contributed by atoms with van der Waals surface area (Å²) in [5.74, 6) is 0. The Bertz CT molecular complexity index is 615. The molecule has 0 spiro atoms. The van der Waals surface area contributed by atoms with Crippen LogP contribution in [0.5, 0.6) is 0 Å². The van der Waals surface area contributed by atoms with Gasteiger partial charge in [0.2, 0.25) is 5.28 Å². The molecule has 2 aromatic rings. The molecule has 0 N–H and O–H groups in total. The van der Waals surface area contributed by atoms with Crippen LogP contribution in [0.1, 0.15) is 12.6 Å². The van der Waals surface area contributed by atoms with Crippen LogP contribution in [0.25, 0.3) is 16.6 Å². The predicted molar refractivity (Wildman–Crippen MR) is 71.2 cm³/mol. The van der Waals surface area contributed by atoms with Crippen LogP contribution in [0.15, 0.2) is 31.0 Å². The van der Waals surface area contributed by atoms with E-state index in [2.05, 4.69) is 21.5 Å². The average molecular weight is 266 g/mol. The van der Waals surface area contributed by atoms with Crippen LogP contribution in [0.3, 0.4) is 0 Å². The molecule has 0 bridgehead atoms. The second kappa shape index (κ2) is 4.82. The van der Waals surface area contributed by atoms with Crippen LogP contribution in [0, 0.1) is 0 Å². The minimum Gasteiger partial charge on any atom is -0.251 e. The molecule has 2 heterocycles. The minimum absolute atomic E-state index is 0.165. The van der Waals surface area contributed by atoms with Gasteiger partial charge >= 0.3 is 0 Å². The van der Waals surface area contributed by atoms with Gasteiger partial charge in [-0.1, -0.05) is 30.3 Å². The molecule has 2 aromatic heterocycles. The van der Waals surface area contributed by atoms with Crippen molar-refractivity contribution in [1.29, 1.82) is 0 Å². The summed E-state index contributed by atoms with van der Waals surface area (Å²) in [5, 5.41) is 0.677. The van der Waals surface area contributed by atoms with Crippen LogP contribution in [-0.4, -0.2) is 15.0 Å². The zero-order valence-corrected chi connectivity index (χ0v) is 10.6. The van der Waals surface area contributed by atoms with Crippen LogP contribution in [0.4, 0.5) is 0 Å². The molecule has 0 atom stereocenters. The fourth-order valence-electron chi connectivity index (χ4n) is 1.52. The first-order valence-electron chi connectivity index (χ1n) is 4.93. The highest BCUT2D eigenvalue weighted by Crippen LogP contribution is 2.24. The number of allylic oxidation sites excluding steroid dienone is 3. The first-order valence-corrected chi connectivity index (χ1v) is 5.69. The SMILES string of the molecule is C=C/C(=C\C)c1nc(Cl)nc2cc(Cl)cnc12. The van der Waals surface area contributed by atoms with Gasteiger partial charge in [-0.2, -0.15) is 0 Å². The molecule has 0 unspecified atom stereocenters. The Hall–Kier alpha value is -1.45. The van der Waals surface area contributed by atoms with Gasteiger partial charge in [-0.3, -0.25) is 4.98 Å². The van der Waals surface area contributed by atoms with Crippen molar-refractivity contribution < 1.29 is 0 Å². The van der Waals surface area contributed by atoms with E-state index >= 15 is 0 Å². The number of aromatic nitrogens is 3. The Balaban J connectivity index is 2.83. The van der Waals surface area contributed by atoms with Crippen molar-refractivity contribution in [2.24, 2.45) is 0 Å². The molecule has 17 heavy (non-hydrogen) atoms. The monoisotopic (exact) mass is 265 g/mol. The molecule has 3 nitrogen and oxygen atoms in total. The van der Waals surface area contributed by atoms with Crippen LogP contribution in [0.2, 0.25) is 10.3 Å². The lowest BCUT2D eigenvalue weighted by molar-refractivity contribution is 1.17. The van der Waals surface area contributed by atoms with E-state index in [1.54, 1.807) is 18.3 Å². The topological polar surface area (TPSA) is 38.7 Å². The van der Waals surface area contributed by atoms with Gasteiger partial charge in [0.1, 0.15) is 11.2 Å². The summed E-state index contributed by atoms with van der Waals surface area (Å²) in [6, 6.07) is 1.71. The van der Waals surface area contributed by atoms with E-state index in [1.807, 2.05) is 13.0 Å². The summed E-state index contributed by atoms with van der Waals surface area (Å²) < 4.78 is 0. The van der Waals surface area contributed by atoms with Crippen LogP contribution in [-0.2, 0) is 0 Å². The number of halogens is 2. The number of hydrogen-bond acceptors (Lipinski definition) is 3. The summed E-state index contributed by atoms with van der Waals surface area (Å²) in [4.78, 5) is 12.5. The fraction of sp³-hybridized carbons (Fsp3) is 0.0833. The van der Waals surface area contributed by atoms with Gasteiger partial charge in [0.15, 0.2) is 0 Å². The molecule has 0 aromatic carbocycles. The van der Waals surface area contributed by atoms with Crippen molar-refractivity contribution >= 4 is 39.8 Å². The van der Waals surface area contributed by atoms with E-state index in [0.717, 1.165) is 5.57 Å². The quantitative estimate of drug-likeness (QED) is 0.610. The molecule has 0 aliphatic heterocycles. The van der Waals surface area contributed by atoms with Crippen molar-refractivity contribution in [2.75, 3.05) is 0 Å². The smallest absolute Gasteiger partial charge is 0.223 e. The second-order valence-electron chi connectivity index (χ2n) is 3.31. The Morgan fingerprint density at radius 1 is 1.35 bits per heavy atom. The van der Waals surface area contributed by atoms with Crippen molar-refractivity contribution in [3.8, 4) is 0 Å². The van der Waals surface area contributed by atoms with Gasteiger partial charge in [-0.05, 0) is 30.2 Å². The molecular weight excluding hydrogens is 257 g/mol. The lowest BCUT2D eigenvalue weighted by Gasteiger charge is -2.05. The van der Waals surface area contributed by atoms with Gasteiger partial charge in [0, 0.05) is 6.20 Å². The zero-order chi connectivity index (χ0) is 12.4. The lowest BCUT2D eigenvalue weighted by atomic mass is 10.1. The summed E-state index contributed by atoms with van der Waals surface area (Å²) in [5.41, 5.74) is 2.80. The van der Waals surface area contributed by atoms with E-state index in [0.29, 0.717) is 21.7 Å². The first kappa shape index (κ1) is 12.0. The number of rotatable bonds is 2. The molecule has 86 valence electrons. The molecule has 0 saturated carbocycles. The molecule has 0 radical (unpaired) electrons. The Kier molecular flexibility index (Phi) is 3.41. The predicted octanol–water partition coefficient (Wildman–Crippen LogP) is 3.92. The number of hydrogen-bond donors (Lipinski definition) is 0. The molecular formula is C12H9Cl2N3. The summed E-state index contributed by atoms with van der Waals surface area (Å²) in [6.45, 7) is 5.63. The lowest BCUT2D eigenvalue weighted by Crippen LogP contribution is -1.96. The molecule has 5 heteroatoms. The van der Waals surface area contributed by atoms with Crippen LogP contribution < -0.4 is 0 Å². The van der Waals surface area contributed by atoms with E-state index in [-0.39, 0.29) is 5.28 Å². The minimum atomic E-state index is 0.165. The van der Waals surface area contributed by atoms with Gasteiger partial charge < -0.3 is 0 Å². The third-order valence-electron chi connectivity index (χ3n) is 2.28. The maximum atomic E-state index is 5.88. The largest absolute Gasteiger partial charge is 0.251 e. The molecule has 0 saturated heterocycles. The number of fused-ring (bicyclic) bond motifs is 1. The highest BCUT2D eigenvalue weighted by molar-refractivity contribution is 6.31.